The summed E-state index contributed by atoms with van der Waals surface area (Å²) in [6, 6.07) is 7.24. The van der Waals surface area contributed by atoms with E-state index in [-0.39, 0.29) is 30.1 Å². The number of hydrogen-bond acceptors (Lipinski definition) is 4. The molecule has 2 aliphatic heterocycles. The van der Waals surface area contributed by atoms with Crippen molar-refractivity contribution in [2.75, 3.05) is 13.1 Å². The number of hydrogen-bond donors (Lipinski definition) is 0. The molecule has 3 aliphatic rings. The van der Waals surface area contributed by atoms with Crippen molar-refractivity contribution in [2.24, 2.45) is 0 Å². The summed E-state index contributed by atoms with van der Waals surface area (Å²) in [5.74, 6) is -0.300. The van der Waals surface area contributed by atoms with E-state index in [1.54, 1.807) is 17.0 Å². The molecule has 2 atom stereocenters. The Morgan fingerprint density at radius 2 is 1.43 bits per heavy atom. The highest BCUT2D eigenvalue weighted by atomic mass is 35.5. The lowest BCUT2D eigenvalue weighted by atomic mass is 9.95. The molecule has 30 heavy (non-hydrogen) atoms. The van der Waals surface area contributed by atoms with Crippen molar-refractivity contribution in [3.8, 4) is 0 Å². The summed E-state index contributed by atoms with van der Waals surface area (Å²) < 4.78 is 5.88. The average Bonchev–Trinajstić information content (AvgIpc) is 2.92. The van der Waals surface area contributed by atoms with Crippen molar-refractivity contribution in [3.05, 3.63) is 40.5 Å². The maximum Gasteiger partial charge on any atom is 0.278 e. The summed E-state index contributed by atoms with van der Waals surface area (Å²) in [6.45, 7) is 5.24. The number of amides is 2. The highest BCUT2D eigenvalue weighted by molar-refractivity contribution is 6.36. The minimum atomic E-state index is -0.158. The zero-order chi connectivity index (χ0) is 21.3. The van der Waals surface area contributed by atoms with Gasteiger partial charge in [0.15, 0.2) is 0 Å². The monoisotopic (exact) mass is 430 g/mol. The van der Waals surface area contributed by atoms with E-state index in [4.69, 9.17) is 16.3 Å². The summed E-state index contributed by atoms with van der Waals surface area (Å²) in [7, 11) is 0. The van der Waals surface area contributed by atoms with Crippen LogP contribution in [0.25, 0.3) is 5.57 Å². The molecule has 1 aliphatic carbocycles. The van der Waals surface area contributed by atoms with E-state index in [0.717, 1.165) is 31.2 Å². The molecule has 1 saturated carbocycles. The largest absolute Gasteiger partial charge is 0.372 e. The molecule has 0 N–H and O–H groups in total. The van der Waals surface area contributed by atoms with E-state index in [0.29, 0.717) is 29.4 Å². The molecule has 1 aromatic carbocycles. The van der Waals surface area contributed by atoms with Crippen molar-refractivity contribution < 1.29 is 14.3 Å². The van der Waals surface area contributed by atoms with E-state index < -0.39 is 0 Å². The van der Waals surface area contributed by atoms with Gasteiger partial charge in [-0.2, -0.15) is 0 Å². The molecule has 4 rings (SSSR count). The smallest absolute Gasteiger partial charge is 0.278 e. The number of ether oxygens (including phenoxy) is 1. The van der Waals surface area contributed by atoms with Gasteiger partial charge in [0.05, 0.1) is 17.8 Å². The maximum atomic E-state index is 13.7. The molecule has 162 valence electrons. The van der Waals surface area contributed by atoms with Gasteiger partial charge in [0.1, 0.15) is 5.70 Å². The fraction of sp³-hybridized carbons (Fsp3) is 0.583. The van der Waals surface area contributed by atoms with Gasteiger partial charge in [0.25, 0.3) is 11.8 Å². The zero-order valence-electron chi connectivity index (χ0n) is 17.9. The van der Waals surface area contributed by atoms with E-state index in [2.05, 4.69) is 4.90 Å². The van der Waals surface area contributed by atoms with Gasteiger partial charge in [-0.05, 0) is 44.4 Å². The van der Waals surface area contributed by atoms with E-state index in [1.165, 1.54) is 19.3 Å². The van der Waals surface area contributed by atoms with Gasteiger partial charge in [0.2, 0.25) is 0 Å². The van der Waals surface area contributed by atoms with Crippen LogP contribution in [0.1, 0.15) is 64.4 Å². The van der Waals surface area contributed by atoms with Crippen LogP contribution in [0.5, 0.6) is 0 Å². The number of benzene rings is 1. The lowest BCUT2D eigenvalue weighted by Gasteiger charge is -2.37. The molecule has 1 saturated heterocycles. The Morgan fingerprint density at radius 1 is 0.867 bits per heavy atom. The minimum Gasteiger partial charge on any atom is -0.372 e. The summed E-state index contributed by atoms with van der Waals surface area (Å²) >= 11 is 6.09. The normalized spacial score (nSPS) is 26.9. The first kappa shape index (κ1) is 21.4. The molecule has 2 amide bonds. The highest BCUT2D eigenvalue weighted by Crippen LogP contribution is 2.36. The van der Waals surface area contributed by atoms with Crippen LogP contribution in [0.3, 0.4) is 0 Å². The molecular weight excluding hydrogens is 400 g/mol. The molecule has 1 aromatic rings. The number of halogens is 1. The van der Waals surface area contributed by atoms with Crippen LogP contribution in [0.15, 0.2) is 30.0 Å². The van der Waals surface area contributed by atoms with Crippen molar-refractivity contribution in [3.63, 3.8) is 0 Å². The van der Waals surface area contributed by atoms with Crippen LogP contribution in [0.2, 0.25) is 5.02 Å². The molecule has 0 aromatic heterocycles. The second-order valence-electron chi connectivity index (χ2n) is 8.87. The Balaban J connectivity index is 1.73. The van der Waals surface area contributed by atoms with Gasteiger partial charge in [-0.1, -0.05) is 55.8 Å². The van der Waals surface area contributed by atoms with E-state index in [1.807, 2.05) is 26.0 Å². The fourth-order valence-corrected chi connectivity index (χ4v) is 5.22. The predicted octanol–water partition coefficient (Wildman–Crippen LogP) is 4.64. The quantitative estimate of drug-likeness (QED) is 0.655. The second kappa shape index (κ2) is 9.11. The van der Waals surface area contributed by atoms with Gasteiger partial charge in [0, 0.05) is 24.2 Å². The number of carbonyl (C=O) groups excluding carboxylic acids is 2. The number of carbonyl (C=O) groups is 2. The standard InChI is InChI=1S/C24H31ClN2O3/c1-16-14-26(15-17(2)30-16)22-21(18-10-12-19(25)13-11-18)23(28)27(24(22)29)20-8-6-4-3-5-7-9-20/h10-13,16-17,20H,3-9,14-15H2,1-2H3. The Labute approximate surface area is 184 Å². The Morgan fingerprint density at radius 3 is 2.03 bits per heavy atom. The molecular formula is C24H31ClN2O3. The van der Waals surface area contributed by atoms with Gasteiger partial charge in [-0.3, -0.25) is 14.5 Å². The minimum absolute atomic E-state index is 0.00561. The number of morpholine rings is 1. The average molecular weight is 431 g/mol. The lowest BCUT2D eigenvalue weighted by Crippen LogP contribution is -2.48. The SMILES string of the molecule is CC1CN(C2=C(c3ccc(Cl)cc3)C(=O)N(C3CCCCCCC3)C2=O)CC(C)O1. The van der Waals surface area contributed by atoms with Crippen LogP contribution in [-0.2, 0) is 14.3 Å². The van der Waals surface area contributed by atoms with Crippen LogP contribution in [0, 0.1) is 0 Å². The zero-order valence-corrected chi connectivity index (χ0v) is 18.7. The van der Waals surface area contributed by atoms with Crippen LogP contribution < -0.4 is 0 Å². The first-order valence-electron chi connectivity index (χ1n) is 11.2. The van der Waals surface area contributed by atoms with Crippen molar-refractivity contribution in [2.45, 2.75) is 77.0 Å². The highest BCUT2D eigenvalue weighted by Gasteiger charge is 2.45. The topological polar surface area (TPSA) is 49.9 Å². The Kier molecular flexibility index (Phi) is 6.49. The number of imide groups is 1. The number of rotatable bonds is 3. The second-order valence-corrected chi connectivity index (χ2v) is 9.31. The molecule has 0 spiro atoms. The first-order valence-corrected chi connectivity index (χ1v) is 11.6. The number of nitrogens with zero attached hydrogens (tertiary/aromatic N) is 2. The molecule has 5 nitrogen and oxygen atoms in total. The van der Waals surface area contributed by atoms with Gasteiger partial charge in [-0.15, -0.1) is 0 Å². The van der Waals surface area contributed by atoms with Gasteiger partial charge < -0.3 is 9.64 Å². The third kappa shape index (κ3) is 4.28. The Bertz CT molecular complexity index is 817. The predicted molar refractivity (Wildman–Crippen MR) is 118 cm³/mol. The third-order valence-electron chi connectivity index (χ3n) is 6.40. The van der Waals surface area contributed by atoms with E-state index in [9.17, 15) is 9.59 Å². The van der Waals surface area contributed by atoms with Crippen molar-refractivity contribution in [1.29, 1.82) is 0 Å². The summed E-state index contributed by atoms with van der Waals surface area (Å²) in [5.41, 5.74) is 1.80. The summed E-state index contributed by atoms with van der Waals surface area (Å²) in [5, 5.41) is 0.614. The molecule has 2 fully saturated rings. The molecule has 0 bridgehead atoms. The third-order valence-corrected chi connectivity index (χ3v) is 6.65. The maximum absolute atomic E-state index is 13.7. The van der Waals surface area contributed by atoms with Crippen LogP contribution >= 0.6 is 11.6 Å². The molecule has 2 heterocycles. The van der Waals surface area contributed by atoms with Gasteiger partial charge >= 0.3 is 0 Å². The molecule has 6 heteroatoms. The van der Waals surface area contributed by atoms with Crippen LogP contribution in [-0.4, -0.2) is 53.0 Å². The lowest BCUT2D eigenvalue weighted by molar-refractivity contribution is -0.141. The van der Waals surface area contributed by atoms with Crippen LogP contribution in [0.4, 0.5) is 0 Å². The fourth-order valence-electron chi connectivity index (χ4n) is 5.09. The first-order chi connectivity index (χ1) is 14.5. The van der Waals surface area contributed by atoms with Crippen molar-refractivity contribution in [1.82, 2.24) is 9.80 Å². The van der Waals surface area contributed by atoms with Gasteiger partial charge in [-0.25, -0.2) is 0 Å². The van der Waals surface area contributed by atoms with Crippen molar-refractivity contribution >= 4 is 29.0 Å². The molecule has 0 radical (unpaired) electrons. The summed E-state index contributed by atoms with van der Waals surface area (Å²) in [4.78, 5) is 31.0. The Hall–Kier alpha value is -1.85. The molecule has 2 unspecified atom stereocenters. The van der Waals surface area contributed by atoms with E-state index >= 15 is 0 Å². The summed E-state index contributed by atoms with van der Waals surface area (Å²) in [6.07, 6.45) is 7.54.